The number of hydrogen-bond donors (Lipinski definition) is 1. The van der Waals surface area contributed by atoms with Crippen LogP contribution in [0.4, 0.5) is 8.78 Å². The number of halogens is 2. The third-order valence-corrected chi connectivity index (χ3v) is 2.68. The highest BCUT2D eigenvalue weighted by atomic mass is 19.3. The molecule has 0 aliphatic rings. The summed E-state index contributed by atoms with van der Waals surface area (Å²) < 4.78 is 28.2. The summed E-state index contributed by atoms with van der Waals surface area (Å²) in [7, 11) is 0. The average molecular weight is 290 g/mol. The van der Waals surface area contributed by atoms with Crippen LogP contribution in [0.2, 0.25) is 0 Å². The van der Waals surface area contributed by atoms with Crippen molar-refractivity contribution in [3.63, 3.8) is 0 Å². The van der Waals surface area contributed by atoms with Crippen molar-refractivity contribution in [2.75, 3.05) is 0 Å². The zero-order valence-electron chi connectivity index (χ0n) is 10.9. The minimum absolute atomic E-state index is 0.00376. The van der Waals surface area contributed by atoms with Crippen LogP contribution in [0.5, 0.6) is 11.5 Å². The highest BCUT2D eigenvalue weighted by Crippen LogP contribution is 2.16. The number of alkyl halides is 2. The molecule has 0 atom stereocenters. The number of ketones is 1. The maximum atomic E-state index is 12.0. The maximum Gasteiger partial charge on any atom is 0.387 e. The lowest BCUT2D eigenvalue weighted by atomic mass is 10.1. The number of phenolic OH excluding ortho intramolecular Hbond substituents is 1. The van der Waals surface area contributed by atoms with Crippen LogP contribution in [0.15, 0.2) is 54.6 Å². The summed E-state index contributed by atoms with van der Waals surface area (Å²) >= 11 is 0. The Morgan fingerprint density at radius 3 is 2.24 bits per heavy atom. The zero-order chi connectivity index (χ0) is 15.2. The van der Waals surface area contributed by atoms with E-state index in [4.69, 9.17) is 5.11 Å². The summed E-state index contributed by atoms with van der Waals surface area (Å²) in [6, 6.07) is 11.8. The van der Waals surface area contributed by atoms with Gasteiger partial charge in [-0.15, -0.1) is 0 Å². The molecule has 2 aromatic carbocycles. The van der Waals surface area contributed by atoms with Gasteiger partial charge in [-0.25, -0.2) is 0 Å². The monoisotopic (exact) mass is 290 g/mol. The molecule has 0 saturated heterocycles. The van der Waals surface area contributed by atoms with Crippen molar-refractivity contribution in [1.29, 1.82) is 0 Å². The van der Waals surface area contributed by atoms with Crippen LogP contribution >= 0.6 is 0 Å². The van der Waals surface area contributed by atoms with Gasteiger partial charge < -0.3 is 9.84 Å². The Labute approximate surface area is 120 Å². The van der Waals surface area contributed by atoms with Gasteiger partial charge in [0.25, 0.3) is 0 Å². The SMILES string of the molecule is O=C(/C=C/c1ccc(O)cc1)c1ccc(OC(F)F)cc1. The highest BCUT2D eigenvalue weighted by molar-refractivity contribution is 6.06. The van der Waals surface area contributed by atoms with E-state index in [0.29, 0.717) is 5.56 Å². The van der Waals surface area contributed by atoms with Crippen molar-refractivity contribution in [2.45, 2.75) is 6.61 Å². The predicted molar refractivity (Wildman–Crippen MR) is 74.5 cm³/mol. The van der Waals surface area contributed by atoms with Crippen molar-refractivity contribution in [3.8, 4) is 11.5 Å². The normalized spacial score (nSPS) is 11.0. The van der Waals surface area contributed by atoms with E-state index in [9.17, 15) is 13.6 Å². The predicted octanol–water partition coefficient (Wildman–Crippen LogP) is 3.89. The van der Waals surface area contributed by atoms with Gasteiger partial charge in [-0.3, -0.25) is 4.79 Å². The Kier molecular flexibility index (Phi) is 4.66. The van der Waals surface area contributed by atoms with Crippen molar-refractivity contribution >= 4 is 11.9 Å². The van der Waals surface area contributed by atoms with Crippen molar-refractivity contribution in [3.05, 3.63) is 65.7 Å². The van der Waals surface area contributed by atoms with Gasteiger partial charge in [-0.1, -0.05) is 18.2 Å². The average Bonchev–Trinajstić information content (AvgIpc) is 2.46. The van der Waals surface area contributed by atoms with Crippen molar-refractivity contribution in [1.82, 2.24) is 0 Å². The van der Waals surface area contributed by atoms with E-state index in [1.54, 1.807) is 18.2 Å². The van der Waals surface area contributed by atoms with Gasteiger partial charge in [0.15, 0.2) is 5.78 Å². The molecule has 5 heteroatoms. The van der Waals surface area contributed by atoms with E-state index in [1.165, 1.54) is 42.5 Å². The lowest BCUT2D eigenvalue weighted by Crippen LogP contribution is -2.02. The molecule has 108 valence electrons. The molecule has 0 aromatic heterocycles. The molecule has 0 spiro atoms. The highest BCUT2D eigenvalue weighted by Gasteiger charge is 2.06. The number of phenols is 1. The molecule has 2 aromatic rings. The first-order valence-corrected chi connectivity index (χ1v) is 6.11. The van der Waals surface area contributed by atoms with Gasteiger partial charge in [0.2, 0.25) is 0 Å². The Morgan fingerprint density at radius 1 is 1.05 bits per heavy atom. The summed E-state index contributed by atoms with van der Waals surface area (Å²) in [5.41, 5.74) is 1.13. The van der Waals surface area contributed by atoms with Crippen LogP contribution in [-0.2, 0) is 0 Å². The molecule has 21 heavy (non-hydrogen) atoms. The second-order valence-corrected chi connectivity index (χ2v) is 4.19. The Hall–Kier alpha value is -2.69. The fourth-order valence-electron chi connectivity index (χ4n) is 1.65. The van der Waals surface area contributed by atoms with E-state index in [0.717, 1.165) is 5.56 Å². The van der Waals surface area contributed by atoms with E-state index in [1.807, 2.05) is 0 Å². The maximum absolute atomic E-state index is 12.0. The Bertz CT molecular complexity index is 632. The summed E-state index contributed by atoms with van der Waals surface area (Å²) in [4.78, 5) is 11.9. The molecular formula is C16H12F2O3. The van der Waals surface area contributed by atoms with Crippen molar-refractivity contribution < 1.29 is 23.4 Å². The molecule has 0 radical (unpaired) electrons. The second kappa shape index (κ2) is 6.65. The van der Waals surface area contributed by atoms with Gasteiger partial charge in [-0.05, 0) is 48.0 Å². The number of hydrogen-bond acceptors (Lipinski definition) is 3. The lowest BCUT2D eigenvalue weighted by molar-refractivity contribution is -0.0498. The van der Waals surface area contributed by atoms with E-state index < -0.39 is 6.61 Å². The third-order valence-electron chi connectivity index (χ3n) is 2.68. The first-order chi connectivity index (χ1) is 10.0. The largest absolute Gasteiger partial charge is 0.508 e. The Balaban J connectivity index is 2.04. The molecule has 0 aliphatic carbocycles. The quantitative estimate of drug-likeness (QED) is 0.671. The number of carbonyl (C=O) groups is 1. The molecule has 0 saturated carbocycles. The molecule has 0 amide bonds. The van der Waals surface area contributed by atoms with Crippen LogP contribution in [0.25, 0.3) is 6.08 Å². The number of rotatable bonds is 5. The van der Waals surface area contributed by atoms with Crippen LogP contribution in [0.3, 0.4) is 0 Å². The second-order valence-electron chi connectivity index (χ2n) is 4.19. The fraction of sp³-hybridized carbons (Fsp3) is 0.0625. The fourth-order valence-corrected chi connectivity index (χ4v) is 1.65. The smallest absolute Gasteiger partial charge is 0.387 e. The first kappa shape index (κ1) is 14.7. The third kappa shape index (κ3) is 4.42. The summed E-state index contributed by atoms with van der Waals surface area (Å²) in [6.07, 6.45) is 2.97. The Morgan fingerprint density at radius 2 is 1.67 bits per heavy atom. The standard InChI is InChI=1S/C16H12F2O3/c17-16(18)21-14-8-4-12(5-9-14)15(20)10-3-11-1-6-13(19)7-2-11/h1-10,16,19H/b10-3+. The van der Waals surface area contributed by atoms with E-state index in [2.05, 4.69) is 4.74 Å². The van der Waals surface area contributed by atoms with Gasteiger partial charge in [-0.2, -0.15) is 8.78 Å². The molecule has 0 fully saturated rings. The number of carbonyl (C=O) groups excluding carboxylic acids is 1. The topological polar surface area (TPSA) is 46.5 Å². The summed E-state index contributed by atoms with van der Waals surface area (Å²) in [5.74, 6) is -0.108. The first-order valence-electron chi connectivity index (χ1n) is 6.11. The minimum Gasteiger partial charge on any atom is -0.508 e. The van der Waals surface area contributed by atoms with Gasteiger partial charge >= 0.3 is 6.61 Å². The molecule has 2 rings (SSSR count). The van der Waals surface area contributed by atoms with E-state index >= 15 is 0 Å². The van der Waals surface area contributed by atoms with Crippen LogP contribution < -0.4 is 4.74 Å². The lowest BCUT2D eigenvalue weighted by Gasteiger charge is -2.04. The molecule has 0 heterocycles. The molecule has 0 unspecified atom stereocenters. The van der Waals surface area contributed by atoms with Gasteiger partial charge in [0, 0.05) is 5.56 Å². The van der Waals surface area contributed by atoms with Gasteiger partial charge in [0.1, 0.15) is 11.5 Å². The minimum atomic E-state index is -2.89. The summed E-state index contributed by atoms with van der Waals surface area (Å²) in [6.45, 7) is -2.89. The number of aromatic hydroxyl groups is 1. The summed E-state index contributed by atoms with van der Waals surface area (Å²) in [5, 5.41) is 9.14. The number of benzene rings is 2. The van der Waals surface area contributed by atoms with Crippen LogP contribution in [0, 0.1) is 0 Å². The molecule has 0 aliphatic heterocycles. The molecule has 0 bridgehead atoms. The number of allylic oxidation sites excluding steroid dienone is 1. The molecule has 3 nitrogen and oxygen atoms in total. The van der Waals surface area contributed by atoms with Gasteiger partial charge in [0.05, 0.1) is 0 Å². The van der Waals surface area contributed by atoms with Crippen LogP contribution in [-0.4, -0.2) is 17.5 Å². The number of ether oxygens (including phenoxy) is 1. The van der Waals surface area contributed by atoms with Crippen molar-refractivity contribution in [2.24, 2.45) is 0 Å². The van der Waals surface area contributed by atoms with E-state index in [-0.39, 0.29) is 17.3 Å². The van der Waals surface area contributed by atoms with Crippen LogP contribution in [0.1, 0.15) is 15.9 Å². The molecular weight excluding hydrogens is 278 g/mol. The molecule has 1 N–H and O–H groups in total. The zero-order valence-corrected chi connectivity index (χ0v) is 10.9.